The fourth-order valence-electron chi connectivity index (χ4n) is 2.51. The first-order valence-corrected chi connectivity index (χ1v) is 7.27. The molecule has 2 rings (SSSR count). The summed E-state index contributed by atoms with van der Waals surface area (Å²) in [4.78, 5) is 12.5. The zero-order chi connectivity index (χ0) is 14.4. The van der Waals surface area contributed by atoms with Gasteiger partial charge in [-0.1, -0.05) is 18.2 Å². The van der Waals surface area contributed by atoms with Gasteiger partial charge in [0, 0.05) is 24.3 Å². The number of amides is 1. The molecule has 20 heavy (non-hydrogen) atoms. The Labute approximate surface area is 120 Å². The summed E-state index contributed by atoms with van der Waals surface area (Å²) in [6, 6.07) is 7.84. The SMILES string of the molecule is CNCCc1ccccc1C(=O)NC1(C)CCOCC1. The number of benzene rings is 1. The van der Waals surface area contributed by atoms with Crippen molar-refractivity contribution in [3.8, 4) is 0 Å². The van der Waals surface area contributed by atoms with E-state index in [4.69, 9.17) is 4.74 Å². The minimum absolute atomic E-state index is 0.0288. The molecular weight excluding hydrogens is 252 g/mol. The fraction of sp³-hybridized carbons (Fsp3) is 0.562. The molecule has 1 aliphatic rings. The average molecular weight is 276 g/mol. The van der Waals surface area contributed by atoms with Crippen LogP contribution in [0.3, 0.4) is 0 Å². The number of carbonyl (C=O) groups is 1. The zero-order valence-electron chi connectivity index (χ0n) is 12.4. The predicted octanol–water partition coefficient (Wildman–Crippen LogP) is 1.75. The molecule has 1 aromatic rings. The van der Waals surface area contributed by atoms with Gasteiger partial charge in [0.25, 0.3) is 5.91 Å². The van der Waals surface area contributed by atoms with Crippen LogP contribution in [0.15, 0.2) is 24.3 Å². The number of carbonyl (C=O) groups excluding carboxylic acids is 1. The van der Waals surface area contributed by atoms with Crippen molar-refractivity contribution in [1.29, 1.82) is 0 Å². The lowest BCUT2D eigenvalue weighted by molar-refractivity contribution is 0.0422. The Balaban J connectivity index is 2.08. The third-order valence-corrected chi connectivity index (χ3v) is 3.92. The minimum atomic E-state index is -0.147. The first-order valence-electron chi connectivity index (χ1n) is 7.27. The van der Waals surface area contributed by atoms with Crippen molar-refractivity contribution in [3.05, 3.63) is 35.4 Å². The van der Waals surface area contributed by atoms with E-state index in [1.54, 1.807) is 0 Å². The van der Waals surface area contributed by atoms with Crippen LogP contribution >= 0.6 is 0 Å². The largest absolute Gasteiger partial charge is 0.381 e. The van der Waals surface area contributed by atoms with Crippen LogP contribution in [-0.2, 0) is 11.2 Å². The molecule has 1 heterocycles. The van der Waals surface area contributed by atoms with Gasteiger partial charge in [0.1, 0.15) is 0 Å². The van der Waals surface area contributed by atoms with E-state index in [-0.39, 0.29) is 11.4 Å². The third kappa shape index (κ3) is 3.81. The average Bonchev–Trinajstić information content (AvgIpc) is 2.45. The molecule has 1 fully saturated rings. The Morgan fingerprint density at radius 3 is 2.70 bits per heavy atom. The number of hydrogen-bond donors (Lipinski definition) is 2. The molecule has 1 amide bonds. The minimum Gasteiger partial charge on any atom is -0.381 e. The molecule has 0 aromatic heterocycles. The summed E-state index contributed by atoms with van der Waals surface area (Å²) < 4.78 is 5.37. The van der Waals surface area contributed by atoms with Gasteiger partial charge >= 0.3 is 0 Å². The van der Waals surface area contributed by atoms with Crippen molar-refractivity contribution >= 4 is 5.91 Å². The Kier molecular flexibility index (Phi) is 5.15. The van der Waals surface area contributed by atoms with Crippen LogP contribution in [0.4, 0.5) is 0 Å². The van der Waals surface area contributed by atoms with Crippen LogP contribution in [-0.4, -0.2) is 38.3 Å². The highest BCUT2D eigenvalue weighted by atomic mass is 16.5. The highest BCUT2D eigenvalue weighted by Crippen LogP contribution is 2.21. The normalized spacial score (nSPS) is 17.7. The van der Waals surface area contributed by atoms with Gasteiger partial charge in [-0.05, 0) is 51.4 Å². The molecule has 1 saturated heterocycles. The number of rotatable bonds is 5. The van der Waals surface area contributed by atoms with E-state index in [1.807, 2.05) is 31.3 Å². The summed E-state index contributed by atoms with van der Waals surface area (Å²) in [5.41, 5.74) is 1.73. The van der Waals surface area contributed by atoms with Crippen LogP contribution in [0.25, 0.3) is 0 Å². The quantitative estimate of drug-likeness (QED) is 0.861. The summed E-state index contributed by atoms with van der Waals surface area (Å²) in [7, 11) is 1.92. The molecule has 0 atom stereocenters. The van der Waals surface area contributed by atoms with Gasteiger partial charge < -0.3 is 15.4 Å². The van der Waals surface area contributed by atoms with E-state index in [2.05, 4.69) is 17.6 Å². The first-order chi connectivity index (χ1) is 9.64. The zero-order valence-corrected chi connectivity index (χ0v) is 12.4. The van der Waals surface area contributed by atoms with Crippen molar-refractivity contribution in [2.45, 2.75) is 31.7 Å². The summed E-state index contributed by atoms with van der Waals surface area (Å²) in [6.07, 6.45) is 2.61. The summed E-state index contributed by atoms with van der Waals surface area (Å²) >= 11 is 0. The van der Waals surface area contributed by atoms with Crippen molar-refractivity contribution in [1.82, 2.24) is 10.6 Å². The summed E-state index contributed by atoms with van der Waals surface area (Å²) in [5.74, 6) is 0.0288. The Hall–Kier alpha value is -1.39. The van der Waals surface area contributed by atoms with Gasteiger partial charge in [-0.3, -0.25) is 4.79 Å². The van der Waals surface area contributed by atoms with Crippen molar-refractivity contribution in [3.63, 3.8) is 0 Å². The maximum atomic E-state index is 12.5. The molecule has 4 heteroatoms. The molecule has 0 aliphatic carbocycles. The molecule has 2 N–H and O–H groups in total. The van der Waals surface area contributed by atoms with Crippen molar-refractivity contribution in [2.75, 3.05) is 26.8 Å². The van der Waals surface area contributed by atoms with Crippen LogP contribution in [0.1, 0.15) is 35.7 Å². The fourth-order valence-corrected chi connectivity index (χ4v) is 2.51. The van der Waals surface area contributed by atoms with Gasteiger partial charge in [-0.2, -0.15) is 0 Å². The van der Waals surface area contributed by atoms with Crippen LogP contribution in [0.5, 0.6) is 0 Å². The van der Waals surface area contributed by atoms with Gasteiger partial charge in [-0.25, -0.2) is 0 Å². The molecule has 0 radical (unpaired) electrons. The van der Waals surface area contributed by atoms with E-state index < -0.39 is 0 Å². The number of hydrogen-bond acceptors (Lipinski definition) is 3. The molecule has 1 aromatic carbocycles. The van der Waals surface area contributed by atoms with E-state index >= 15 is 0 Å². The summed E-state index contributed by atoms with van der Waals surface area (Å²) in [5, 5.41) is 6.31. The molecule has 0 spiro atoms. The van der Waals surface area contributed by atoms with E-state index in [0.717, 1.165) is 50.1 Å². The highest BCUT2D eigenvalue weighted by molar-refractivity contribution is 5.96. The standard InChI is InChI=1S/C16H24N2O2/c1-16(8-11-20-12-9-16)18-15(19)14-6-4-3-5-13(14)7-10-17-2/h3-6,17H,7-12H2,1-2H3,(H,18,19). The Bertz CT molecular complexity index is 454. The second kappa shape index (κ2) is 6.86. The number of ether oxygens (including phenoxy) is 1. The maximum absolute atomic E-state index is 12.5. The topological polar surface area (TPSA) is 50.4 Å². The lowest BCUT2D eigenvalue weighted by Gasteiger charge is -2.34. The second-order valence-corrected chi connectivity index (χ2v) is 5.64. The second-order valence-electron chi connectivity index (χ2n) is 5.64. The molecule has 0 unspecified atom stereocenters. The van der Waals surface area contributed by atoms with Gasteiger partial charge in [0.15, 0.2) is 0 Å². The van der Waals surface area contributed by atoms with Crippen molar-refractivity contribution in [2.24, 2.45) is 0 Å². The van der Waals surface area contributed by atoms with Crippen LogP contribution in [0.2, 0.25) is 0 Å². The highest BCUT2D eigenvalue weighted by Gasteiger charge is 2.29. The van der Waals surface area contributed by atoms with E-state index in [1.165, 1.54) is 0 Å². The lowest BCUT2D eigenvalue weighted by atomic mass is 9.91. The number of likely N-dealkylation sites (N-methyl/N-ethyl adjacent to an activating group) is 1. The van der Waals surface area contributed by atoms with Gasteiger partial charge in [-0.15, -0.1) is 0 Å². The van der Waals surface area contributed by atoms with Gasteiger partial charge in [0.05, 0.1) is 0 Å². The molecule has 0 bridgehead atoms. The first kappa shape index (κ1) is 15.0. The summed E-state index contributed by atoms with van der Waals surface area (Å²) in [6.45, 7) is 4.41. The molecule has 0 saturated carbocycles. The lowest BCUT2D eigenvalue weighted by Crippen LogP contribution is -2.49. The molecule has 4 nitrogen and oxygen atoms in total. The number of nitrogens with one attached hydrogen (secondary N) is 2. The maximum Gasteiger partial charge on any atom is 0.251 e. The van der Waals surface area contributed by atoms with Crippen molar-refractivity contribution < 1.29 is 9.53 Å². The monoisotopic (exact) mass is 276 g/mol. The van der Waals surface area contributed by atoms with Crippen LogP contribution < -0.4 is 10.6 Å². The Morgan fingerprint density at radius 1 is 1.30 bits per heavy atom. The Morgan fingerprint density at radius 2 is 2.00 bits per heavy atom. The van der Waals surface area contributed by atoms with Gasteiger partial charge in [0.2, 0.25) is 0 Å². The molecule has 1 aliphatic heterocycles. The van der Waals surface area contributed by atoms with E-state index in [0.29, 0.717) is 0 Å². The predicted molar refractivity (Wildman–Crippen MR) is 80.0 cm³/mol. The molecule has 110 valence electrons. The third-order valence-electron chi connectivity index (χ3n) is 3.92. The van der Waals surface area contributed by atoms with E-state index in [9.17, 15) is 4.79 Å². The van der Waals surface area contributed by atoms with Crippen LogP contribution in [0, 0.1) is 0 Å². The smallest absolute Gasteiger partial charge is 0.251 e. The molecular formula is C16H24N2O2.